The van der Waals surface area contributed by atoms with Crippen molar-refractivity contribution < 1.29 is 17.6 Å². The predicted molar refractivity (Wildman–Crippen MR) is 53.0 cm³/mol. The summed E-state index contributed by atoms with van der Waals surface area (Å²) in [5.41, 5.74) is 0. The van der Waals surface area contributed by atoms with E-state index in [1.54, 1.807) is 0 Å². The Hall–Kier alpha value is -1.04. The molecule has 0 saturated carbocycles. The highest BCUT2D eigenvalue weighted by molar-refractivity contribution is 6.30. The number of nitrogens with zero attached hydrogens (tertiary/aromatic N) is 1. The van der Waals surface area contributed by atoms with Gasteiger partial charge in [-0.3, -0.25) is 0 Å². The zero-order chi connectivity index (χ0) is 12.3. The zero-order valence-corrected chi connectivity index (χ0v) is 9.03. The number of halogens is 5. The van der Waals surface area contributed by atoms with Crippen LogP contribution in [0.25, 0.3) is 0 Å². The van der Waals surface area contributed by atoms with Gasteiger partial charge in [0.05, 0.1) is 11.4 Å². The van der Waals surface area contributed by atoms with Crippen LogP contribution >= 0.6 is 11.6 Å². The molecule has 0 aliphatic heterocycles. The van der Waals surface area contributed by atoms with E-state index in [9.17, 15) is 17.6 Å². The second-order valence-electron chi connectivity index (χ2n) is 3.35. The Labute approximate surface area is 94.6 Å². The number of hydrogen-bond donors (Lipinski definition) is 1. The maximum absolute atomic E-state index is 13.2. The van der Waals surface area contributed by atoms with Crippen LogP contribution in [0.2, 0.25) is 5.02 Å². The lowest BCUT2D eigenvalue weighted by Crippen LogP contribution is -2.24. The first kappa shape index (κ1) is 13.0. The standard InChI is InChI=1S/C9H9ClF4N2/c1-5(3-9(12,13)14)16-8-7(11)2-6(10)4-15-8/h2,4-5H,3H2,1H3,(H,15,16). The molecule has 1 atom stereocenters. The molecule has 7 heteroatoms. The van der Waals surface area contributed by atoms with E-state index >= 15 is 0 Å². The number of anilines is 1. The molecule has 0 aromatic carbocycles. The molecule has 0 bridgehead atoms. The van der Waals surface area contributed by atoms with E-state index in [4.69, 9.17) is 11.6 Å². The smallest absolute Gasteiger partial charge is 0.365 e. The minimum Gasteiger partial charge on any atom is -0.365 e. The third kappa shape index (κ3) is 4.22. The normalized spacial score (nSPS) is 13.6. The van der Waals surface area contributed by atoms with Gasteiger partial charge in [-0.25, -0.2) is 9.37 Å². The molecule has 2 nitrogen and oxygen atoms in total. The number of aromatic nitrogens is 1. The molecule has 1 unspecified atom stereocenters. The van der Waals surface area contributed by atoms with Crippen molar-refractivity contribution in [2.24, 2.45) is 0 Å². The summed E-state index contributed by atoms with van der Waals surface area (Å²) in [5, 5.41) is 2.42. The molecular weight excluding hydrogens is 248 g/mol. The summed E-state index contributed by atoms with van der Waals surface area (Å²) in [6.07, 6.45) is -4.20. The summed E-state index contributed by atoms with van der Waals surface area (Å²) in [4.78, 5) is 3.56. The molecule has 1 rings (SSSR count). The molecular formula is C9H9ClF4N2. The lowest BCUT2D eigenvalue weighted by atomic mass is 10.2. The Morgan fingerprint density at radius 3 is 2.62 bits per heavy atom. The maximum atomic E-state index is 13.2. The van der Waals surface area contributed by atoms with Crippen molar-refractivity contribution in [3.05, 3.63) is 23.1 Å². The van der Waals surface area contributed by atoms with Crippen LogP contribution < -0.4 is 5.32 Å². The lowest BCUT2D eigenvalue weighted by molar-refractivity contribution is -0.136. The fourth-order valence-electron chi connectivity index (χ4n) is 1.15. The van der Waals surface area contributed by atoms with Gasteiger partial charge < -0.3 is 5.32 Å². The third-order valence-electron chi connectivity index (χ3n) is 1.73. The summed E-state index contributed by atoms with van der Waals surface area (Å²) in [5.74, 6) is -1.01. The lowest BCUT2D eigenvalue weighted by Gasteiger charge is -2.16. The van der Waals surface area contributed by atoms with E-state index in [0.29, 0.717) is 0 Å². The molecule has 0 radical (unpaired) electrons. The summed E-state index contributed by atoms with van der Waals surface area (Å²) in [6.45, 7) is 1.29. The minimum atomic E-state index is -4.30. The first-order chi connectivity index (χ1) is 7.28. The zero-order valence-electron chi connectivity index (χ0n) is 8.28. The van der Waals surface area contributed by atoms with Gasteiger partial charge in [0.1, 0.15) is 0 Å². The Bertz CT molecular complexity index is 367. The van der Waals surface area contributed by atoms with Crippen molar-refractivity contribution in [3.63, 3.8) is 0 Å². The molecule has 16 heavy (non-hydrogen) atoms. The van der Waals surface area contributed by atoms with Crippen LogP contribution in [0.3, 0.4) is 0 Å². The Morgan fingerprint density at radius 1 is 1.50 bits per heavy atom. The average molecular weight is 257 g/mol. The van der Waals surface area contributed by atoms with Crippen LogP contribution in [0.15, 0.2) is 12.3 Å². The second-order valence-corrected chi connectivity index (χ2v) is 3.79. The van der Waals surface area contributed by atoms with Crippen LogP contribution in [0.4, 0.5) is 23.4 Å². The SMILES string of the molecule is CC(CC(F)(F)F)Nc1ncc(Cl)cc1F. The van der Waals surface area contributed by atoms with Gasteiger partial charge in [0.2, 0.25) is 0 Å². The van der Waals surface area contributed by atoms with Crippen molar-refractivity contribution in [3.8, 4) is 0 Å². The Balaban J connectivity index is 2.66. The number of rotatable bonds is 3. The monoisotopic (exact) mass is 256 g/mol. The number of alkyl halides is 3. The molecule has 1 aromatic heterocycles. The molecule has 90 valence electrons. The fourth-order valence-corrected chi connectivity index (χ4v) is 1.30. The highest BCUT2D eigenvalue weighted by Crippen LogP contribution is 2.24. The summed E-state index contributed by atoms with van der Waals surface area (Å²) in [6, 6.07) is 0.0279. The topological polar surface area (TPSA) is 24.9 Å². The molecule has 0 aliphatic carbocycles. The Kier molecular flexibility index (Phi) is 3.96. The minimum absolute atomic E-state index is 0.0894. The molecule has 1 heterocycles. The van der Waals surface area contributed by atoms with Crippen LogP contribution in [0, 0.1) is 5.82 Å². The van der Waals surface area contributed by atoms with Crippen molar-refractivity contribution in [2.75, 3.05) is 5.32 Å². The van der Waals surface area contributed by atoms with Gasteiger partial charge in [0.15, 0.2) is 11.6 Å². The first-order valence-electron chi connectivity index (χ1n) is 4.42. The van der Waals surface area contributed by atoms with E-state index in [2.05, 4.69) is 10.3 Å². The molecule has 0 fully saturated rings. The third-order valence-corrected chi connectivity index (χ3v) is 1.94. The highest BCUT2D eigenvalue weighted by Gasteiger charge is 2.30. The maximum Gasteiger partial charge on any atom is 0.391 e. The average Bonchev–Trinajstić information content (AvgIpc) is 2.06. The molecule has 0 aliphatic rings. The summed E-state index contributed by atoms with van der Waals surface area (Å²) in [7, 11) is 0. The molecule has 0 saturated heterocycles. The summed E-state index contributed by atoms with van der Waals surface area (Å²) < 4.78 is 49.1. The van der Waals surface area contributed by atoms with Gasteiger partial charge in [0.25, 0.3) is 0 Å². The van der Waals surface area contributed by atoms with Gasteiger partial charge in [-0.1, -0.05) is 11.6 Å². The number of hydrogen-bond acceptors (Lipinski definition) is 2. The predicted octanol–water partition coefficient (Wildman–Crippen LogP) is 3.63. The van der Waals surface area contributed by atoms with Gasteiger partial charge in [-0.15, -0.1) is 0 Å². The largest absolute Gasteiger partial charge is 0.391 e. The van der Waals surface area contributed by atoms with Gasteiger partial charge in [-0.05, 0) is 13.0 Å². The van der Waals surface area contributed by atoms with E-state index in [1.165, 1.54) is 6.92 Å². The van der Waals surface area contributed by atoms with Crippen molar-refractivity contribution in [1.82, 2.24) is 4.98 Å². The molecule has 1 N–H and O–H groups in total. The van der Waals surface area contributed by atoms with Crippen LogP contribution in [-0.4, -0.2) is 17.2 Å². The van der Waals surface area contributed by atoms with Crippen molar-refractivity contribution >= 4 is 17.4 Å². The summed E-state index contributed by atoms with van der Waals surface area (Å²) >= 11 is 5.45. The van der Waals surface area contributed by atoms with E-state index in [1.807, 2.05) is 0 Å². The second kappa shape index (κ2) is 4.86. The Morgan fingerprint density at radius 2 is 2.12 bits per heavy atom. The number of nitrogens with one attached hydrogen (secondary N) is 1. The van der Waals surface area contributed by atoms with E-state index < -0.39 is 24.5 Å². The molecule has 0 spiro atoms. The van der Waals surface area contributed by atoms with Crippen molar-refractivity contribution in [2.45, 2.75) is 25.6 Å². The van der Waals surface area contributed by atoms with E-state index in [-0.39, 0.29) is 10.8 Å². The van der Waals surface area contributed by atoms with Crippen LogP contribution in [0.1, 0.15) is 13.3 Å². The highest BCUT2D eigenvalue weighted by atomic mass is 35.5. The number of pyridine rings is 1. The van der Waals surface area contributed by atoms with Gasteiger partial charge >= 0.3 is 6.18 Å². The van der Waals surface area contributed by atoms with Crippen LogP contribution in [-0.2, 0) is 0 Å². The van der Waals surface area contributed by atoms with Crippen LogP contribution in [0.5, 0.6) is 0 Å². The molecule has 0 amide bonds. The quantitative estimate of drug-likeness (QED) is 0.836. The van der Waals surface area contributed by atoms with E-state index in [0.717, 1.165) is 12.3 Å². The van der Waals surface area contributed by atoms with Crippen molar-refractivity contribution in [1.29, 1.82) is 0 Å². The fraction of sp³-hybridized carbons (Fsp3) is 0.444. The molecule has 1 aromatic rings. The van der Waals surface area contributed by atoms with Gasteiger partial charge in [-0.2, -0.15) is 13.2 Å². The first-order valence-corrected chi connectivity index (χ1v) is 4.80. The van der Waals surface area contributed by atoms with Gasteiger partial charge in [0, 0.05) is 12.2 Å².